The second kappa shape index (κ2) is 13.8. The van der Waals surface area contributed by atoms with E-state index in [1.165, 1.54) is 12.1 Å². The molecule has 0 unspecified atom stereocenters. The van der Waals surface area contributed by atoms with Gasteiger partial charge >= 0.3 is 0 Å². The first-order valence-corrected chi connectivity index (χ1v) is 14.4. The summed E-state index contributed by atoms with van der Waals surface area (Å²) in [6, 6.07) is 18.3. The first kappa shape index (κ1) is 30.3. The number of hydrogen-bond acceptors (Lipinski definition) is 5. The number of halogens is 2. The lowest BCUT2D eigenvalue weighted by Gasteiger charge is -2.36. The van der Waals surface area contributed by atoms with E-state index in [9.17, 15) is 24.3 Å². The molecule has 1 aliphatic heterocycles. The maximum Gasteiger partial charge on any atom is 0.228 e. The van der Waals surface area contributed by atoms with Gasteiger partial charge in [0.15, 0.2) is 11.6 Å². The van der Waals surface area contributed by atoms with Crippen molar-refractivity contribution < 1.29 is 24.3 Å². The maximum absolute atomic E-state index is 13.8. The lowest BCUT2D eigenvalue weighted by molar-refractivity contribution is -0.141. The van der Waals surface area contributed by atoms with Crippen LogP contribution in [0.1, 0.15) is 60.5 Å². The molecule has 0 aromatic heterocycles. The normalized spacial score (nSPS) is 15.1. The molecule has 0 spiro atoms. The molecule has 1 heterocycles. The number of carbonyl (C=O) groups is 4. The minimum Gasteiger partial charge on any atom is -0.506 e. The van der Waals surface area contributed by atoms with Crippen molar-refractivity contribution in [2.45, 2.75) is 58.0 Å². The van der Waals surface area contributed by atoms with E-state index in [1.807, 2.05) is 37.3 Å². The zero-order valence-electron chi connectivity index (χ0n) is 22.7. The summed E-state index contributed by atoms with van der Waals surface area (Å²) in [5, 5.41) is 13.2. The van der Waals surface area contributed by atoms with Crippen molar-refractivity contribution in [3.63, 3.8) is 0 Å². The van der Waals surface area contributed by atoms with Crippen molar-refractivity contribution in [2.75, 3.05) is 5.32 Å². The fourth-order valence-electron chi connectivity index (χ4n) is 5.13. The van der Waals surface area contributed by atoms with E-state index in [4.69, 9.17) is 23.2 Å². The Morgan fingerprint density at radius 3 is 2.32 bits per heavy atom. The standard InChI is InChI=1S/C32H32Cl2N2O5/c1-2-8-22(32(41)35-26-17-24(33)25(34)18-29(26)38)16-30(39)27-15-21-11-6-7-12-23(21)19-36(27)31(40)14-13-28(37)20-9-4-3-5-10-20/h3-7,9-12,17-18,22,27,38H,2,8,13-16,19H2,1H3,(H,35,41)/t22-,27+/m1/s1. The van der Waals surface area contributed by atoms with Crippen LogP contribution in [0.4, 0.5) is 5.69 Å². The minimum absolute atomic E-state index is 0.0187. The summed E-state index contributed by atoms with van der Waals surface area (Å²) in [4.78, 5) is 54.6. The number of rotatable bonds is 11. The molecule has 9 heteroatoms. The minimum atomic E-state index is -0.755. The number of carbonyl (C=O) groups excluding carboxylic acids is 4. The van der Waals surface area contributed by atoms with Crippen molar-refractivity contribution in [1.82, 2.24) is 4.90 Å². The molecule has 2 N–H and O–H groups in total. The van der Waals surface area contributed by atoms with E-state index in [0.717, 1.165) is 11.1 Å². The van der Waals surface area contributed by atoms with Crippen LogP contribution in [0.15, 0.2) is 66.7 Å². The number of phenols is 1. The SMILES string of the molecule is CCC[C@H](CC(=O)[C@@H]1Cc2ccccc2CN1C(=O)CCC(=O)c1ccccc1)C(=O)Nc1cc(Cl)c(Cl)cc1O. The highest BCUT2D eigenvalue weighted by molar-refractivity contribution is 6.42. The average Bonchev–Trinajstić information content (AvgIpc) is 2.97. The van der Waals surface area contributed by atoms with E-state index < -0.39 is 17.9 Å². The van der Waals surface area contributed by atoms with Gasteiger partial charge in [0.1, 0.15) is 5.75 Å². The second-order valence-electron chi connectivity index (χ2n) is 10.2. The largest absolute Gasteiger partial charge is 0.506 e. The molecule has 0 aliphatic carbocycles. The molecule has 0 radical (unpaired) electrons. The molecule has 0 fully saturated rings. The zero-order chi connectivity index (χ0) is 29.5. The molecule has 214 valence electrons. The van der Waals surface area contributed by atoms with Crippen LogP contribution in [0.3, 0.4) is 0 Å². The van der Waals surface area contributed by atoms with Crippen LogP contribution < -0.4 is 5.32 Å². The fourth-order valence-corrected chi connectivity index (χ4v) is 5.45. The zero-order valence-corrected chi connectivity index (χ0v) is 24.3. The van der Waals surface area contributed by atoms with Crippen molar-refractivity contribution in [2.24, 2.45) is 5.92 Å². The quantitative estimate of drug-likeness (QED) is 0.191. The molecule has 0 saturated heterocycles. The first-order chi connectivity index (χ1) is 19.7. The summed E-state index contributed by atoms with van der Waals surface area (Å²) in [7, 11) is 0. The van der Waals surface area contributed by atoms with Gasteiger partial charge in [0.05, 0.1) is 21.8 Å². The van der Waals surface area contributed by atoms with E-state index in [-0.39, 0.29) is 64.8 Å². The maximum atomic E-state index is 13.8. The van der Waals surface area contributed by atoms with Crippen molar-refractivity contribution in [3.8, 4) is 5.75 Å². The highest BCUT2D eigenvalue weighted by Gasteiger charge is 2.36. The molecular weight excluding hydrogens is 563 g/mol. The van der Waals surface area contributed by atoms with Crippen LogP contribution in [0.25, 0.3) is 0 Å². The lowest BCUT2D eigenvalue weighted by atomic mass is 9.86. The predicted octanol–water partition coefficient (Wildman–Crippen LogP) is 6.63. The molecule has 3 aromatic carbocycles. The summed E-state index contributed by atoms with van der Waals surface area (Å²) in [5.74, 6) is -2.00. The third kappa shape index (κ3) is 7.54. The van der Waals surface area contributed by atoms with E-state index in [0.29, 0.717) is 24.8 Å². The van der Waals surface area contributed by atoms with Crippen LogP contribution in [-0.4, -0.2) is 39.4 Å². The molecule has 2 atom stereocenters. The van der Waals surface area contributed by atoms with Gasteiger partial charge in [-0.25, -0.2) is 0 Å². The van der Waals surface area contributed by atoms with Crippen LogP contribution >= 0.6 is 23.2 Å². The molecular formula is C32H32Cl2N2O5. The molecule has 2 amide bonds. The van der Waals surface area contributed by atoms with Crippen molar-refractivity contribution in [1.29, 1.82) is 0 Å². The van der Waals surface area contributed by atoms with Gasteiger partial charge in [-0.2, -0.15) is 0 Å². The van der Waals surface area contributed by atoms with Crippen LogP contribution in [0.5, 0.6) is 5.75 Å². The first-order valence-electron chi connectivity index (χ1n) is 13.6. The number of nitrogens with zero attached hydrogens (tertiary/aromatic N) is 1. The summed E-state index contributed by atoms with van der Waals surface area (Å²) >= 11 is 12.0. The molecule has 0 saturated carbocycles. The van der Waals surface area contributed by atoms with Gasteiger partial charge in [0, 0.05) is 49.8 Å². The summed E-state index contributed by atoms with van der Waals surface area (Å²) < 4.78 is 0. The number of nitrogens with one attached hydrogen (secondary N) is 1. The molecule has 7 nitrogen and oxygen atoms in total. The number of aromatic hydroxyl groups is 1. The Morgan fingerprint density at radius 1 is 0.951 bits per heavy atom. The Morgan fingerprint density at radius 2 is 1.61 bits per heavy atom. The Balaban J connectivity index is 1.50. The summed E-state index contributed by atoms with van der Waals surface area (Å²) in [5.41, 5.74) is 2.58. The predicted molar refractivity (Wildman–Crippen MR) is 159 cm³/mol. The van der Waals surface area contributed by atoms with Gasteiger partial charge in [-0.3, -0.25) is 19.2 Å². The number of phenolic OH excluding ortho intramolecular Hbond substituents is 1. The number of ketones is 2. The number of benzene rings is 3. The third-order valence-corrected chi connectivity index (χ3v) is 8.08. The van der Waals surface area contributed by atoms with Crippen molar-refractivity contribution in [3.05, 3.63) is 93.5 Å². The Labute approximate surface area is 249 Å². The molecule has 41 heavy (non-hydrogen) atoms. The number of hydrogen-bond donors (Lipinski definition) is 2. The van der Waals surface area contributed by atoms with Crippen LogP contribution in [0, 0.1) is 5.92 Å². The molecule has 0 bridgehead atoms. The average molecular weight is 596 g/mol. The lowest BCUT2D eigenvalue weighted by Crippen LogP contribution is -2.49. The number of fused-ring (bicyclic) bond motifs is 1. The summed E-state index contributed by atoms with van der Waals surface area (Å²) in [6.45, 7) is 2.17. The van der Waals surface area contributed by atoms with Crippen LogP contribution in [0.2, 0.25) is 10.0 Å². The van der Waals surface area contributed by atoms with Gasteiger partial charge in [-0.15, -0.1) is 0 Å². The topological polar surface area (TPSA) is 104 Å². The molecule has 3 aromatic rings. The Bertz CT molecular complexity index is 1440. The monoisotopic (exact) mass is 594 g/mol. The van der Waals surface area contributed by atoms with E-state index in [2.05, 4.69) is 5.32 Å². The third-order valence-electron chi connectivity index (χ3n) is 7.35. The number of Topliss-reactive ketones (excluding diaryl/α,β-unsaturated/α-hetero) is 2. The van der Waals surface area contributed by atoms with E-state index in [1.54, 1.807) is 29.2 Å². The van der Waals surface area contributed by atoms with Gasteiger partial charge in [-0.05, 0) is 23.6 Å². The highest BCUT2D eigenvalue weighted by atomic mass is 35.5. The Hall–Kier alpha value is -3.68. The number of amides is 2. The van der Waals surface area contributed by atoms with Gasteiger partial charge in [-0.1, -0.05) is 91.1 Å². The van der Waals surface area contributed by atoms with Crippen molar-refractivity contribution >= 4 is 52.3 Å². The van der Waals surface area contributed by atoms with Gasteiger partial charge < -0.3 is 15.3 Å². The van der Waals surface area contributed by atoms with Gasteiger partial charge in [0.25, 0.3) is 0 Å². The fraction of sp³-hybridized carbons (Fsp3) is 0.312. The van der Waals surface area contributed by atoms with Crippen LogP contribution in [-0.2, 0) is 27.3 Å². The highest BCUT2D eigenvalue weighted by Crippen LogP contribution is 2.34. The smallest absolute Gasteiger partial charge is 0.228 e. The van der Waals surface area contributed by atoms with Gasteiger partial charge in [0.2, 0.25) is 11.8 Å². The molecule has 4 rings (SSSR count). The van der Waals surface area contributed by atoms with E-state index >= 15 is 0 Å². The number of anilines is 1. The second-order valence-corrected chi connectivity index (χ2v) is 11.0. The Kier molecular flexibility index (Phi) is 10.2. The summed E-state index contributed by atoms with van der Waals surface area (Å²) in [6.07, 6.45) is 1.35. The molecule has 1 aliphatic rings.